The van der Waals surface area contributed by atoms with Crippen molar-refractivity contribution in [2.75, 3.05) is 33.9 Å². The fraction of sp³-hybridized carbons (Fsp3) is 0.406. The van der Waals surface area contributed by atoms with Crippen LogP contribution in [0.3, 0.4) is 0 Å². The van der Waals surface area contributed by atoms with Gasteiger partial charge in [-0.05, 0) is 73.2 Å². The van der Waals surface area contributed by atoms with Gasteiger partial charge in [0, 0.05) is 13.0 Å². The minimum absolute atomic E-state index is 0.0385. The fourth-order valence-electron chi connectivity index (χ4n) is 5.37. The van der Waals surface area contributed by atoms with E-state index in [0.717, 1.165) is 66.8 Å². The van der Waals surface area contributed by atoms with Crippen molar-refractivity contribution in [3.8, 4) is 11.5 Å². The van der Waals surface area contributed by atoms with Gasteiger partial charge in [-0.3, -0.25) is 4.79 Å². The molecule has 0 aromatic heterocycles. The second-order valence-electron chi connectivity index (χ2n) is 9.80. The number of carbonyl (C=O) groups is 1. The zero-order chi connectivity index (χ0) is 26.8. The normalized spacial score (nSPS) is 15.4. The third-order valence-electron chi connectivity index (χ3n) is 7.46. The molecule has 0 radical (unpaired) electrons. The Bertz CT molecular complexity index is 1080. The third kappa shape index (κ3) is 6.20. The third-order valence-corrected chi connectivity index (χ3v) is 7.46. The van der Waals surface area contributed by atoms with Crippen molar-refractivity contribution in [1.29, 1.82) is 0 Å². The molecule has 6 heteroatoms. The SMILES string of the molecule is COc1ccc(C(OC[C@@H]2CCCN2C(=O)CCCCCN)(c2ccccc2)c2ccc(OC)cc2)cc1. The number of ether oxygens (including phenoxy) is 3. The summed E-state index contributed by atoms with van der Waals surface area (Å²) in [5.41, 5.74) is 7.75. The molecule has 0 bridgehead atoms. The number of likely N-dealkylation sites (tertiary alicyclic amines) is 1. The highest BCUT2D eigenvalue weighted by molar-refractivity contribution is 5.76. The van der Waals surface area contributed by atoms with Gasteiger partial charge in [0.25, 0.3) is 0 Å². The van der Waals surface area contributed by atoms with Crippen LogP contribution in [0.1, 0.15) is 55.2 Å². The average Bonchev–Trinajstić information content (AvgIpc) is 3.46. The molecule has 38 heavy (non-hydrogen) atoms. The zero-order valence-electron chi connectivity index (χ0n) is 22.6. The summed E-state index contributed by atoms with van der Waals surface area (Å²) in [5.74, 6) is 1.78. The molecule has 0 unspecified atom stereocenters. The van der Waals surface area contributed by atoms with Crippen LogP contribution >= 0.6 is 0 Å². The number of rotatable bonds is 13. The maximum absolute atomic E-state index is 13.1. The summed E-state index contributed by atoms with van der Waals surface area (Å²) in [5, 5.41) is 0. The van der Waals surface area contributed by atoms with Crippen LogP contribution in [0.15, 0.2) is 78.9 Å². The molecule has 0 saturated carbocycles. The van der Waals surface area contributed by atoms with E-state index in [0.29, 0.717) is 19.6 Å². The molecule has 1 amide bonds. The minimum Gasteiger partial charge on any atom is -0.497 e. The van der Waals surface area contributed by atoms with Crippen LogP contribution in [0.2, 0.25) is 0 Å². The first kappa shape index (κ1) is 27.7. The highest BCUT2D eigenvalue weighted by atomic mass is 16.5. The van der Waals surface area contributed by atoms with E-state index < -0.39 is 5.60 Å². The van der Waals surface area contributed by atoms with Gasteiger partial charge in [-0.1, -0.05) is 61.0 Å². The number of carbonyl (C=O) groups excluding carboxylic acids is 1. The molecule has 6 nitrogen and oxygen atoms in total. The molecule has 1 aliphatic heterocycles. The van der Waals surface area contributed by atoms with E-state index in [1.165, 1.54) is 0 Å². The number of nitrogens with zero attached hydrogens (tertiary/aromatic N) is 1. The molecule has 2 N–H and O–H groups in total. The Morgan fingerprint density at radius 2 is 1.42 bits per heavy atom. The summed E-state index contributed by atoms with van der Waals surface area (Å²) in [7, 11) is 3.34. The first-order valence-corrected chi connectivity index (χ1v) is 13.6. The molecule has 3 aromatic rings. The number of amides is 1. The van der Waals surface area contributed by atoms with Crippen molar-refractivity contribution >= 4 is 5.91 Å². The maximum Gasteiger partial charge on any atom is 0.222 e. The van der Waals surface area contributed by atoms with E-state index in [2.05, 4.69) is 36.4 Å². The topological polar surface area (TPSA) is 74.0 Å². The van der Waals surface area contributed by atoms with Crippen molar-refractivity contribution in [1.82, 2.24) is 4.90 Å². The molecule has 3 aromatic carbocycles. The van der Waals surface area contributed by atoms with Crippen molar-refractivity contribution in [3.05, 3.63) is 95.6 Å². The van der Waals surface area contributed by atoms with Crippen LogP contribution in [0, 0.1) is 0 Å². The molecule has 1 heterocycles. The first-order chi connectivity index (χ1) is 18.6. The Labute approximate surface area is 226 Å². The van der Waals surface area contributed by atoms with E-state index >= 15 is 0 Å². The van der Waals surface area contributed by atoms with Crippen molar-refractivity contribution in [2.45, 2.75) is 50.2 Å². The smallest absolute Gasteiger partial charge is 0.222 e. The number of methoxy groups -OCH3 is 2. The molecule has 4 rings (SSSR count). The number of benzene rings is 3. The summed E-state index contributed by atoms with van der Waals surface area (Å²) in [4.78, 5) is 15.1. The maximum atomic E-state index is 13.1. The van der Waals surface area contributed by atoms with Crippen LogP contribution < -0.4 is 15.2 Å². The van der Waals surface area contributed by atoms with Gasteiger partial charge in [-0.15, -0.1) is 0 Å². The van der Waals surface area contributed by atoms with Crippen LogP contribution in [0.25, 0.3) is 0 Å². The van der Waals surface area contributed by atoms with Crippen LogP contribution in [0.4, 0.5) is 0 Å². The Kier molecular flexibility index (Phi) is 9.79. The molecule has 0 aliphatic carbocycles. The monoisotopic (exact) mass is 516 g/mol. The van der Waals surface area contributed by atoms with Gasteiger partial charge in [0.2, 0.25) is 5.91 Å². The number of hydrogen-bond acceptors (Lipinski definition) is 5. The Hall–Kier alpha value is -3.35. The van der Waals surface area contributed by atoms with Gasteiger partial charge < -0.3 is 24.8 Å². The largest absolute Gasteiger partial charge is 0.497 e. The van der Waals surface area contributed by atoms with Gasteiger partial charge in [-0.2, -0.15) is 0 Å². The predicted octanol–water partition coefficient (Wildman–Crippen LogP) is 5.52. The van der Waals surface area contributed by atoms with E-state index in [-0.39, 0.29) is 11.9 Å². The van der Waals surface area contributed by atoms with E-state index in [9.17, 15) is 4.79 Å². The van der Waals surface area contributed by atoms with Crippen LogP contribution in [-0.4, -0.2) is 50.8 Å². The molecular formula is C32H40N2O4. The fourth-order valence-corrected chi connectivity index (χ4v) is 5.37. The molecule has 1 atom stereocenters. The summed E-state index contributed by atoms with van der Waals surface area (Å²) < 4.78 is 17.9. The van der Waals surface area contributed by atoms with E-state index in [1.807, 2.05) is 47.4 Å². The summed E-state index contributed by atoms with van der Waals surface area (Å²) in [6, 6.07) is 26.4. The van der Waals surface area contributed by atoms with Crippen molar-refractivity contribution in [2.24, 2.45) is 5.73 Å². The molecular weight excluding hydrogens is 476 g/mol. The standard InChI is InChI=1S/C32H40N2O4/c1-36-29-18-14-26(15-19-29)32(25-10-5-3-6-11-25,27-16-20-30(37-2)21-17-27)38-24-28-12-9-23-34(28)31(35)13-7-4-8-22-33/h3,5-6,10-11,14-21,28H,4,7-9,12-13,22-24,33H2,1-2H3/t28-/m0/s1. The second kappa shape index (κ2) is 13.4. The predicted molar refractivity (Wildman–Crippen MR) is 151 cm³/mol. The lowest BCUT2D eigenvalue weighted by Crippen LogP contribution is -2.42. The average molecular weight is 517 g/mol. The zero-order valence-corrected chi connectivity index (χ0v) is 22.6. The lowest BCUT2D eigenvalue weighted by molar-refractivity contribution is -0.134. The minimum atomic E-state index is -0.877. The second-order valence-corrected chi connectivity index (χ2v) is 9.80. The number of nitrogens with two attached hydrogens (primary N) is 1. The Morgan fingerprint density at radius 1 is 0.842 bits per heavy atom. The number of unbranched alkanes of at least 4 members (excludes halogenated alkanes) is 2. The van der Waals surface area contributed by atoms with Crippen LogP contribution in [-0.2, 0) is 15.1 Å². The lowest BCUT2D eigenvalue weighted by Gasteiger charge is -2.38. The molecule has 202 valence electrons. The van der Waals surface area contributed by atoms with E-state index in [1.54, 1.807) is 14.2 Å². The van der Waals surface area contributed by atoms with Gasteiger partial charge in [-0.25, -0.2) is 0 Å². The molecule has 0 spiro atoms. The Morgan fingerprint density at radius 3 is 1.97 bits per heavy atom. The highest BCUT2D eigenvalue weighted by Crippen LogP contribution is 2.42. The van der Waals surface area contributed by atoms with Gasteiger partial charge in [0.1, 0.15) is 17.1 Å². The van der Waals surface area contributed by atoms with Gasteiger partial charge in [0.05, 0.1) is 26.9 Å². The summed E-state index contributed by atoms with van der Waals surface area (Å²) in [6.45, 7) is 1.89. The highest BCUT2D eigenvalue weighted by Gasteiger charge is 2.40. The molecule has 1 aliphatic rings. The van der Waals surface area contributed by atoms with Crippen molar-refractivity contribution in [3.63, 3.8) is 0 Å². The number of hydrogen-bond donors (Lipinski definition) is 1. The van der Waals surface area contributed by atoms with Gasteiger partial charge >= 0.3 is 0 Å². The molecule has 1 saturated heterocycles. The van der Waals surface area contributed by atoms with Crippen LogP contribution in [0.5, 0.6) is 11.5 Å². The van der Waals surface area contributed by atoms with Gasteiger partial charge in [0.15, 0.2) is 0 Å². The summed E-state index contributed by atoms with van der Waals surface area (Å²) in [6.07, 6.45) is 5.33. The molecule has 1 fully saturated rings. The summed E-state index contributed by atoms with van der Waals surface area (Å²) >= 11 is 0. The lowest BCUT2D eigenvalue weighted by atomic mass is 9.80. The van der Waals surface area contributed by atoms with E-state index in [4.69, 9.17) is 19.9 Å². The Balaban J connectivity index is 1.69. The van der Waals surface area contributed by atoms with Crippen molar-refractivity contribution < 1.29 is 19.0 Å². The first-order valence-electron chi connectivity index (χ1n) is 13.6. The quantitative estimate of drug-likeness (QED) is 0.239.